The van der Waals surface area contributed by atoms with Crippen LogP contribution in [0.4, 0.5) is 0 Å². The van der Waals surface area contributed by atoms with E-state index in [1.54, 1.807) is 30.9 Å². The van der Waals surface area contributed by atoms with E-state index >= 15 is 0 Å². The minimum Gasteiger partial charge on any atom is -0.487 e. The van der Waals surface area contributed by atoms with Crippen LogP contribution in [0, 0.1) is 6.92 Å². The summed E-state index contributed by atoms with van der Waals surface area (Å²) in [6, 6.07) is 3.76. The number of hydrogen-bond donors (Lipinski definition) is 1. The first-order chi connectivity index (χ1) is 8.29. The van der Waals surface area contributed by atoms with Crippen molar-refractivity contribution in [2.75, 3.05) is 0 Å². The molecule has 0 amide bonds. The van der Waals surface area contributed by atoms with Crippen molar-refractivity contribution in [3.63, 3.8) is 0 Å². The Balaban J connectivity index is 2.07. The van der Waals surface area contributed by atoms with Crippen LogP contribution >= 0.6 is 0 Å². The zero-order valence-corrected chi connectivity index (χ0v) is 9.63. The highest BCUT2D eigenvalue weighted by molar-refractivity contribution is 5.29. The molecule has 0 atom stereocenters. The van der Waals surface area contributed by atoms with E-state index in [0.29, 0.717) is 12.4 Å². The quantitative estimate of drug-likeness (QED) is 0.871. The van der Waals surface area contributed by atoms with Gasteiger partial charge in [-0.25, -0.2) is 0 Å². The summed E-state index contributed by atoms with van der Waals surface area (Å²) in [5, 5.41) is 9.14. The van der Waals surface area contributed by atoms with Crippen LogP contribution in [0.2, 0.25) is 0 Å². The fourth-order valence-electron chi connectivity index (χ4n) is 1.53. The second-order valence-electron chi connectivity index (χ2n) is 3.80. The number of nitrogens with zero attached hydrogens (tertiary/aromatic N) is 2. The molecule has 2 rings (SSSR count). The van der Waals surface area contributed by atoms with Crippen LogP contribution in [0.15, 0.2) is 36.9 Å². The maximum atomic E-state index is 9.14. The van der Waals surface area contributed by atoms with Gasteiger partial charge >= 0.3 is 0 Å². The van der Waals surface area contributed by atoms with E-state index < -0.39 is 0 Å². The first-order valence-corrected chi connectivity index (χ1v) is 5.36. The van der Waals surface area contributed by atoms with Crippen molar-refractivity contribution in [2.24, 2.45) is 0 Å². The molecule has 2 aromatic rings. The topological polar surface area (TPSA) is 55.2 Å². The lowest BCUT2D eigenvalue weighted by atomic mass is 10.2. The van der Waals surface area contributed by atoms with Gasteiger partial charge in [-0.05, 0) is 24.6 Å². The molecule has 2 heterocycles. The van der Waals surface area contributed by atoms with Crippen molar-refractivity contribution in [1.29, 1.82) is 0 Å². The van der Waals surface area contributed by atoms with E-state index in [2.05, 4.69) is 9.97 Å². The molecule has 0 unspecified atom stereocenters. The normalized spacial score (nSPS) is 10.2. The molecule has 4 heteroatoms. The van der Waals surface area contributed by atoms with Gasteiger partial charge in [0.2, 0.25) is 0 Å². The molecule has 0 fully saturated rings. The molecule has 1 N–H and O–H groups in total. The molecule has 0 aliphatic carbocycles. The number of aliphatic hydroxyl groups excluding tert-OH is 1. The van der Waals surface area contributed by atoms with Gasteiger partial charge in [0.15, 0.2) is 0 Å². The Kier molecular flexibility index (Phi) is 3.67. The lowest BCUT2D eigenvalue weighted by Crippen LogP contribution is -2.00. The molecular weight excluding hydrogens is 216 g/mol. The van der Waals surface area contributed by atoms with Crippen LogP contribution in [0.1, 0.15) is 16.7 Å². The average molecular weight is 230 g/mol. The predicted molar refractivity (Wildman–Crippen MR) is 63.5 cm³/mol. The fraction of sp³-hybridized carbons (Fsp3) is 0.231. The third kappa shape index (κ3) is 3.01. The molecule has 17 heavy (non-hydrogen) atoms. The molecule has 2 aromatic heterocycles. The fourth-order valence-corrected chi connectivity index (χ4v) is 1.53. The summed E-state index contributed by atoms with van der Waals surface area (Å²) in [4.78, 5) is 8.07. The molecule has 88 valence electrons. The van der Waals surface area contributed by atoms with Gasteiger partial charge in [0, 0.05) is 29.7 Å². The van der Waals surface area contributed by atoms with Crippen molar-refractivity contribution < 1.29 is 9.84 Å². The van der Waals surface area contributed by atoms with Crippen LogP contribution in [0.3, 0.4) is 0 Å². The number of aryl methyl sites for hydroxylation is 1. The van der Waals surface area contributed by atoms with E-state index in [0.717, 1.165) is 16.7 Å². The number of aromatic nitrogens is 2. The van der Waals surface area contributed by atoms with Gasteiger partial charge in [-0.3, -0.25) is 9.97 Å². The highest BCUT2D eigenvalue weighted by Gasteiger charge is 2.03. The van der Waals surface area contributed by atoms with E-state index in [9.17, 15) is 0 Å². The molecule has 0 radical (unpaired) electrons. The highest BCUT2D eigenvalue weighted by Crippen LogP contribution is 2.17. The Bertz CT molecular complexity index is 500. The molecular formula is C13H14N2O2. The van der Waals surface area contributed by atoms with Crippen LogP contribution in [0.5, 0.6) is 5.75 Å². The van der Waals surface area contributed by atoms with Gasteiger partial charge in [-0.1, -0.05) is 0 Å². The second kappa shape index (κ2) is 5.41. The largest absolute Gasteiger partial charge is 0.487 e. The summed E-state index contributed by atoms with van der Waals surface area (Å²) in [6.45, 7) is 2.36. The summed E-state index contributed by atoms with van der Waals surface area (Å²) in [6.07, 6.45) is 6.80. The maximum absolute atomic E-state index is 9.14. The zero-order valence-electron chi connectivity index (χ0n) is 9.63. The van der Waals surface area contributed by atoms with Crippen molar-refractivity contribution >= 4 is 0 Å². The first-order valence-electron chi connectivity index (χ1n) is 5.36. The smallest absolute Gasteiger partial charge is 0.143 e. The average Bonchev–Trinajstić information content (AvgIpc) is 2.37. The standard InChI is InChI=1S/C13H14N2O2/c1-10-4-11(6-15-5-10)9-17-13-7-14-3-2-12(13)8-16/h2-7,16H,8-9H2,1H3. The third-order valence-corrected chi connectivity index (χ3v) is 2.37. The van der Waals surface area contributed by atoms with Crippen molar-refractivity contribution in [2.45, 2.75) is 20.1 Å². The van der Waals surface area contributed by atoms with Crippen molar-refractivity contribution in [1.82, 2.24) is 9.97 Å². The van der Waals surface area contributed by atoms with Crippen LogP contribution < -0.4 is 4.74 Å². The molecule has 0 aromatic carbocycles. The minimum atomic E-state index is -0.0517. The Labute approximate surface area is 99.9 Å². The van der Waals surface area contributed by atoms with E-state index in [1.807, 2.05) is 13.0 Å². The highest BCUT2D eigenvalue weighted by atomic mass is 16.5. The van der Waals surface area contributed by atoms with Gasteiger partial charge in [0.1, 0.15) is 12.4 Å². The summed E-state index contributed by atoms with van der Waals surface area (Å²) in [5.74, 6) is 0.608. The number of rotatable bonds is 4. The Morgan fingerprint density at radius 2 is 2.12 bits per heavy atom. The van der Waals surface area contributed by atoms with Gasteiger partial charge in [-0.2, -0.15) is 0 Å². The number of ether oxygens (including phenoxy) is 1. The summed E-state index contributed by atoms with van der Waals surface area (Å²) in [7, 11) is 0. The Hall–Kier alpha value is -1.94. The van der Waals surface area contributed by atoms with Crippen LogP contribution in [0.25, 0.3) is 0 Å². The molecule has 0 aliphatic rings. The SMILES string of the molecule is Cc1cncc(COc2cnccc2CO)c1. The maximum Gasteiger partial charge on any atom is 0.143 e. The second-order valence-corrected chi connectivity index (χ2v) is 3.80. The summed E-state index contributed by atoms with van der Waals surface area (Å²) >= 11 is 0. The lowest BCUT2D eigenvalue weighted by molar-refractivity contribution is 0.258. The molecule has 0 aliphatic heterocycles. The summed E-state index contributed by atoms with van der Waals surface area (Å²) in [5.41, 5.74) is 2.83. The molecule has 0 saturated heterocycles. The summed E-state index contributed by atoms with van der Waals surface area (Å²) < 4.78 is 5.61. The van der Waals surface area contributed by atoms with Crippen molar-refractivity contribution in [3.8, 4) is 5.75 Å². The molecule has 0 spiro atoms. The van der Waals surface area contributed by atoms with Gasteiger partial charge in [0.25, 0.3) is 0 Å². The number of aliphatic hydroxyl groups is 1. The van der Waals surface area contributed by atoms with Gasteiger partial charge in [0.05, 0.1) is 12.8 Å². The lowest BCUT2D eigenvalue weighted by Gasteiger charge is -2.09. The van der Waals surface area contributed by atoms with E-state index in [-0.39, 0.29) is 6.61 Å². The van der Waals surface area contributed by atoms with Crippen LogP contribution in [-0.4, -0.2) is 15.1 Å². The number of hydrogen-bond acceptors (Lipinski definition) is 4. The van der Waals surface area contributed by atoms with Gasteiger partial charge < -0.3 is 9.84 Å². The Morgan fingerprint density at radius 1 is 1.24 bits per heavy atom. The predicted octanol–water partition coefficient (Wildman–Crippen LogP) is 1.86. The first kappa shape index (κ1) is 11.5. The van der Waals surface area contributed by atoms with E-state index in [4.69, 9.17) is 9.84 Å². The molecule has 4 nitrogen and oxygen atoms in total. The Morgan fingerprint density at radius 3 is 2.88 bits per heavy atom. The third-order valence-electron chi connectivity index (χ3n) is 2.37. The number of pyridine rings is 2. The van der Waals surface area contributed by atoms with Crippen LogP contribution in [-0.2, 0) is 13.2 Å². The molecule has 0 bridgehead atoms. The zero-order chi connectivity index (χ0) is 12.1. The van der Waals surface area contributed by atoms with Gasteiger partial charge in [-0.15, -0.1) is 0 Å². The molecule has 0 saturated carbocycles. The van der Waals surface area contributed by atoms with Crippen molar-refractivity contribution in [3.05, 3.63) is 53.6 Å². The monoisotopic (exact) mass is 230 g/mol. The minimum absolute atomic E-state index is 0.0517. The van der Waals surface area contributed by atoms with E-state index in [1.165, 1.54) is 0 Å².